The Labute approximate surface area is 174 Å². The maximum absolute atomic E-state index is 12.8. The number of carbonyl (C=O) groups excluding carboxylic acids is 1. The van der Waals surface area contributed by atoms with Crippen molar-refractivity contribution in [1.29, 1.82) is 0 Å². The zero-order chi connectivity index (χ0) is 20.9. The molecule has 4 rings (SSSR count). The first-order valence-electron chi connectivity index (χ1n) is 9.98. The van der Waals surface area contributed by atoms with Crippen molar-refractivity contribution >= 4 is 5.91 Å². The van der Waals surface area contributed by atoms with Gasteiger partial charge in [0.2, 0.25) is 0 Å². The summed E-state index contributed by atoms with van der Waals surface area (Å²) in [5.74, 6) is 2.48. The average Bonchev–Trinajstić information content (AvgIpc) is 3.30. The van der Waals surface area contributed by atoms with E-state index in [0.717, 1.165) is 18.4 Å². The number of rotatable bonds is 6. The molecule has 3 aromatic rings. The summed E-state index contributed by atoms with van der Waals surface area (Å²) in [5, 5.41) is 4.15. The molecule has 1 aromatic carbocycles. The number of methoxy groups -OCH3 is 1. The lowest BCUT2D eigenvalue weighted by atomic mass is 9.96. The Hall–Kier alpha value is -3.42. The van der Waals surface area contributed by atoms with Crippen molar-refractivity contribution in [3.63, 3.8) is 0 Å². The van der Waals surface area contributed by atoms with E-state index in [2.05, 4.69) is 15.1 Å². The van der Waals surface area contributed by atoms with Crippen LogP contribution in [0.1, 0.15) is 31.5 Å². The number of piperidine rings is 1. The molecule has 1 amide bonds. The van der Waals surface area contributed by atoms with Gasteiger partial charge in [0.25, 0.3) is 11.8 Å². The van der Waals surface area contributed by atoms with Crippen molar-refractivity contribution in [1.82, 2.24) is 20.0 Å². The molecule has 1 fully saturated rings. The fourth-order valence-corrected chi connectivity index (χ4v) is 3.58. The van der Waals surface area contributed by atoms with Crippen molar-refractivity contribution in [3.05, 3.63) is 54.6 Å². The van der Waals surface area contributed by atoms with Gasteiger partial charge in [-0.2, -0.15) is 4.98 Å². The second-order valence-corrected chi connectivity index (χ2v) is 7.20. The van der Waals surface area contributed by atoms with Crippen LogP contribution >= 0.6 is 0 Å². The number of aromatic nitrogens is 3. The number of likely N-dealkylation sites (tertiary alicyclic amines) is 1. The normalized spacial score (nSPS) is 15.6. The molecule has 8 nitrogen and oxygen atoms in total. The summed E-state index contributed by atoms with van der Waals surface area (Å²) in [6.45, 7) is 3.02. The highest BCUT2D eigenvalue weighted by Gasteiger charge is 2.30. The third-order valence-electron chi connectivity index (χ3n) is 5.26. The molecule has 0 saturated carbocycles. The van der Waals surface area contributed by atoms with E-state index in [4.69, 9.17) is 14.0 Å². The molecule has 1 aliphatic rings. The SMILES string of the molecule is COc1ccccc1O[C@@H](C)C(=O)N1CCC(c2noc(-c3ccncc3)n2)CC1. The summed E-state index contributed by atoms with van der Waals surface area (Å²) in [4.78, 5) is 23.2. The standard InChI is InChI=1S/C22H24N4O4/c1-15(29-19-6-4-3-5-18(19)28-2)22(27)26-13-9-16(10-14-26)20-24-21(30-25-20)17-7-11-23-12-8-17/h3-8,11-12,15-16H,9-10,13-14H2,1-2H3/t15-/m0/s1. The largest absolute Gasteiger partial charge is 0.493 e. The first kappa shape index (κ1) is 19.9. The lowest BCUT2D eigenvalue weighted by Gasteiger charge is -2.32. The minimum atomic E-state index is -0.596. The van der Waals surface area contributed by atoms with Crippen LogP contribution in [0.2, 0.25) is 0 Å². The van der Waals surface area contributed by atoms with E-state index in [-0.39, 0.29) is 11.8 Å². The van der Waals surface area contributed by atoms with Crippen LogP contribution in [0, 0.1) is 0 Å². The van der Waals surface area contributed by atoms with Crippen molar-refractivity contribution in [2.24, 2.45) is 0 Å². The number of para-hydroxylation sites is 2. The second kappa shape index (κ2) is 8.94. The third-order valence-corrected chi connectivity index (χ3v) is 5.26. The van der Waals surface area contributed by atoms with Crippen LogP contribution in [0.3, 0.4) is 0 Å². The molecule has 156 valence electrons. The maximum Gasteiger partial charge on any atom is 0.263 e. The Morgan fingerprint density at radius 2 is 1.83 bits per heavy atom. The molecule has 0 bridgehead atoms. The Balaban J connectivity index is 1.34. The van der Waals surface area contributed by atoms with Crippen LogP contribution in [-0.4, -0.2) is 52.2 Å². The first-order valence-corrected chi connectivity index (χ1v) is 9.98. The molecule has 30 heavy (non-hydrogen) atoms. The molecule has 3 heterocycles. The van der Waals surface area contributed by atoms with Gasteiger partial charge in [0.1, 0.15) is 0 Å². The Kier molecular flexibility index (Phi) is 5.92. The van der Waals surface area contributed by atoms with Gasteiger partial charge in [-0.25, -0.2) is 0 Å². The average molecular weight is 408 g/mol. The summed E-state index contributed by atoms with van der Waals surface area (Å²) in [7, 11) is 1.58. The number of nitrogens with zero attached hydrogens (tertiary/aromatic N) is 4. The van der Waals surface area contributed by atoms with Gasteiger partial charge in [-0.1, -0.05) is 17.3 Å². The van der Waals surface area contributed by atoms with Crippen LogP contribution in [0.5, 0.6) is 11.5 Å². The Bertz CT molecular complexity index is 984. The zero-order valence-electron chi connectivity index (χ0n) is 17.0. The predicted octanol–water partition coefficient (Wildman–Crippen LogP) is 3.31. The number of hydrogen-bond donors (Lipinski definition) is 0. The third kappa shape index (κ3) is 4.27. The smallest absolute Gasteiger partial charge is 0.263 e. The molecule has 0 spiro atoms. The summed E-state index contributed by atoms with van der Waals surface area (Å²) in [5.41, 5.74) is 0.846. The van der Waals surface area contributed by atoms with E-state index in [1.165, 1.54) is 0 Å². The quantitative estimate of drug-likeness (QED) is 0.618. The fourth-order valence-electron chi connectivity index (χ4n) is 3.58. The molecular weight excluding hydrogens is 384 g/mol. The van der Waals surface area contributed by atoms with Crippen molar-refractivity contribution in [2.75, 3.05) is 20.2 Å². The summed E-state index contributed by atoms with van der Waals surface area (Å²) in [6, 6.07) is 11.0. The number of carbonyl (C=O) groups is 1. The highest BCUT2D eigenvalue weighted by Crippen LogP contribution is 2.30. The van der Waals surface area contributed by atoms with Gasteiger partial charge < -0.3 is 18.9 Å². The Morgan fingerprint density at radius 1 is 1.13 bits per heavy atom. The first-order chi connectivity index (χ1) is 14.7. The van der Waals surface area contributed by atoms with Gasteiger partial charge in [0, 0.05) is 37.0 Å². The lowest BCUT2D eigenvalue weighted by molar-refractivity contribution is -0.139. The monoisotopic (exact) mass is 408 g/mol. The molecule has 8 heteroatoms. The number of benzene rings is 1. The number of hydrogen-bond acceptors (Lipinski definition) is 7. The molecule has 0 aliphatic carbocycles. The molecule has 1 aliphatic heterocycles. The molecule has 0 radical (unpaired) electrons. The molecule has 1 atom stereocenters. The minimum Gasteiger partial charge on any atom is -0.493 e. The lowest BCUT2D eigenvalue weighted by Crippen LogP contribution is -2.44. The van der Waals surface area contributed by atoms with E-state index in [1.54, 1.807) is 32.5 Å². The predicted molar refractivity (Wildman–Crippen MR) is 109 cm³/mol. The van der Waals surface area contributed by atoms with Gasteiger partial charge in [-0.05, 0) is 44.0 Å². The molecule has 0 unspecified atom stereocenters. The topological polar surface area (TPSA) is 90.6 Å². The number of amides is 1. The number of ether oxygens (including phenoxy) is 2. The molecule has 1 saturated heterocycles. The van der Waals surface area contributed by atoms with Gasteiger partial charge in [0.05, 0.1) is 7.11 Å². The molecular formula is C22H24N4O4. The van der Waals surface area contributed by atoms with E-state index in [9.17, 15) is 4.79 Å². The van der Waals surface area contributed by atoms with E-state index < -0.39 is 6.10 Å². The zero-order valence-corrected chi connectivity index (χ0v) is 17.0. The van der Waals surface area contributed by atoms with Crippen molar-refractivity contribution in [2.45, 2.75) is 31.8 Å². The highest BCUT2D eigenvalue weighted by atomic mass is 16.5. The Morgan fingerprint density at radius 3 is 2.53 bits per heavy atom. The van der Waals surface area contributed by atoms with Crippen LogP contribution < -0.4 is 9.47 Å². The van der Waals surface area contributed by atoms with Crippen LogP contribution in [0.25, 0.3) is 11.5 Å². The van der Waals surface area contributed by atoms with E-state index in [1.807, 2.05) is 35.2 Å². The van der Waals surface area contributed by atoms with Gasteiger partial charge >= 0.3 is 0 Å². The van der Waals surface area contributed by atoms with Crippen molar-refractivity contribution in [3.8, 4) is 23.0 Å². The van der Waals surface area contributed by atoms with E-state index >= 15 is 0 Å². The second-order valence-electron chi connectivity index (χ2n) is 7.20. The molecule has 0 N–H and O–H groups in total. The van der Waals surface area contributed by atoms with Gasteiger partial charge in [-0.3, -0.25) is 9.78 Å². The van der Waals surface area contributed by atoms with Gasteiger partial charge in [0.15, 0.2) is 23.4 Å². The maximum atomic E-state index is 12.8. The highest BCUT2D eigenvalue weighted by molar-refractivity contribution is 5.81. The van der Waals surface area contributed by atoms with Gasteiger partial charge in [-0.15, -0.1) is 0 Å². The minimum absolute atomic E-state index is 0.0371. The van der Waals surface area contributed by atoms with Crippen molar-refractivity contribution < 1.29 is 18.8 Å². The molecule has 2 aromatic heterocycles. The fraction of sp³-hybridized carbons (Fsp3) is 0.364. The summed E-state index contributed by atoms with van der Waals surface area (Å²) >= 11 is 0. The summed E-state index contributed by atoms with van der Waals surface area (Å²) in [6.07, 6.45) is 4.35. The summed E-state index contributed by atoms with van der Waals surface area (Å²) < 4.78 is 16.5. The van der Waals surface area contributed by atoms with Crippen LogP contribution in [0.15, 0.2) is 53.3 Å². The van der Waals surface area contributed by atoms with E-state index in [0.29, 0.717) is 36.3 Å². The van der Waals surface area contributed by atoms with Crippen LogP contribution in [-0.2, 0) is 4.79 Å². The number of pyridine rings is 1. The van der Waals surface area contributed by atoms with Crippen LogP contribution in [0.4, 0.5) is 0 Å².